The lowest BCUT2D eigenvalue weighted by Gasteiger charge is -2.19. The predicted molar refractivity (Wildman–Crippen MR) is 114 cm³/mol. The third-order valence-corrected chi connectivity index (χ3v) is 6.87. The number of carbonyl (C=O) groups is 1. The first-order valence-electron chi connectivity index (χ1n) is 9.69. The monoisotopic (exact) mass is 472 g/mol. The molecule has 5 nitrogen and oxygen atoms in total. The quantitative estimate of drug-likeness (QED) is 0.289. The Morgan fingerprint density at radius 3 is 2.79 bits per heavy atom. The zero-order valence-corrected chi connectivity index (χ0v) is 18.2. The second-order valence-corrected chi connectivity index (χ2v) is 9.24. The summed E-state index contributed by atoms with van der Waals surface area (Å²) in [6.45, 7) is 0. The lowest BCUT2D eigenvalue weighted by molar-refractivity contribution is -0.137. The molecular formula is C21H29BrO5S. The van der Waals surface area contributed by atoms with Crippen LogP contribution in [0.4, 0.5) is 0 Å². The van der Waals surface area contributed by atoms with Crippen LogP contribution in [-0.4, -0.2) is 44.7 Å². The van der Waals surface area contributed by atoms with E-state index in [4.69, 9.17) is 5.11 Å². The highest BCUT2D eigenvalue weighted by Gasteiger charge is 2.39. The van der Waals surface area contributed by atoms with Gasteiger partial charge in [-0.15, -0.1) is 11.3 Å². The molecular weight excluding hydrogens is 444 g/mol. The molecule has 5 atom stereocenters. The largest absolute Gasteiger partial charge is 0.481 e. The van der Waals surface area contributed by atoms with Gasteiger partial charge in [-0.1, -0.05) is 24.3 Å². The maximum absolute atomic E-state index is 10.5. The molecule has 0 saturated heterocycles. The maximum atomic E-state index is 10.5. The van der Waals surface area contributed by atoms with E-state index in [9.17, 15) is 20.1 Å². The molecule has 7 heteroatoms. The molecule has 0 amide bonds. The summed E-state index contributed by atoms with van der Waals surface area (Å²) in [5, 5.41) is 41.4. The average molecular weight is 473 g/mol. The summed E-state index contributed by atoms with van der Waals surface area (Å²) in [6.07, 6.45) is 9.51. The van der Waals surface area contributed by atoms with E-state index in [-0.39, 0.29) is 18.3 Å². The van der Waals surface area contributed by atoms with Gasteiger partial charge in [0.15, 0.2) is 0 Å². The van der Waals surface area contributed by atoms with Gasteiger partial charge in [-0.25, -0.2) is 0 Å². The summed E-state index contributed by atoms with van der Waals surface area (Å²) in [7, 11) is 0. The summed E-state index contributed by atoms with van der Waals surface area (Å²) in [4.78, 5) is 11.7. The highest BCUT2D eigenvalue weighted by atomic mass is 79.9. The van der Waals surface area contributed by atoms with Crippen LogP contribution in [0.25, 0.3) is 0 Å². The van der Waals surface area contributed by atoms with Gasteiger partial charge in [-0.2, -0.15) is 0 Å². The van der Waals surface area contributed by atoms with Crippen molar-refractivity contribution in [3.8, 4) is 0 Å². The number of thiophene rings is 1. The molecule has 1 fully saturated rings. The van der Waals surface area contributed by atoms with Gasteiger partial charge in [0, 0.05) is 33.5 Å². The zero-order valence-electron chi connectivity index (χ0n) is 15.8. The number of carboxylic acids is 1. The van der Waals surface area contributed by atoms with Crippen LogP contribution in [0.15, 0.2) is 40.2 Å². The molecule has 0 aromatic carbocycles. The topological polar surface area (TPSA) is 98.0 Å². The van der Waals surface area contributed by atoms with Crippen LogP contribution in [0.1, 0.15) is 43.4 Å². The Morgan fingerprint density at radius 1 is 1.32 bits per heavy atom. The summed E-state index contributed by atoms with van der Waals surface area (Å²) in [5.74, 6) is -1.08. The minimum atomic E-state index is -0.793. The molecule has 0 unspecified atom stereocenters. The van der Waals surface area contributed by atoms with Crippen LogP contribution in [0.5, 0.6) is 0 Å². The fraction of sp³-hybridized carbons (Fsp3) is 0.571. The molecule has 4 N–H and O–H groups in total. The number of hydrogen-bond donors (Lipinski definition) is 4. The molecule has 28 heavy (non-hydrogen) atoms. The lowest BCUT2D eigenvalue weighted by Crippen LogP contribution is -2.20. The molecule has 0 spiro atoms. The second-order valence-electron chi connectivity index (χ2n) is 7.33. The first-order valence-corrected chi connectivity index (χ1v) is 11.4. The van der Waals surface area contributed by atoms with Gasteiger partial charge in [0.2, 0.25) is 0 Å². The van der Waals surface area contributed by atoms with Crippen molar-refractivity contribution in [2.45, 2.75) is 63.3 Å². The van der Waals surface area contributed by atoms with Gasteiger partial charge in [0.05, 0.1) is 18.3 Å². The number of unbranched alkanes of at least 4 members (excludes halogenated alkanes) is 1. The third-order valence-electron chi connectivity index (χ3n) is 5.12. The first kappa shape index (κ1) is 23.3. The maximum Gasteiger partial charge on any atom is 0.303 e. The molecule has 1 aliphatic carbocycles. The fourth-order valence-corrected chi connectivity index (χ4v) is 5.05. The van der Waals surface area contributed by atoms with Crippen molar-refractivity contribution >= 4 is 33.2 Å². The minimum Gasteiger partial charge on any atom is -0.481 e. The van der Waals surface area contributed by atoms with Gasteiger partial charge in [-0.05, 0) is 60.0 Å². The van der Waals surface area contributed by atoms with E-state index in [1.807, 2.05) is 23.6 Å². The average Bonchev–Trinajstić information content (AvgIpc) is 3.16. The third kappa shape index (κ3) is 7.79. The molecule has 1 aromatic rings. The Balaban J connectivity index is 1.81. The van der Waals surface area contributed by atoms with Crippen LogP contribution < -0.4 is 0 Å². The Hall–Kier alpha value is -0.990. The van der Waals surface area contributed by atoms with Crippen LogP contribution in [0.3, 0.4) is 0 Å². The van der Waals surface area contributed by atoms with Crippen LogP contribution in [0.2, 0.25) is 0 Å². The molecule has 2 rings (SSSR count). The Kier molecular flexibility index (Phi) is 9.88. The number of halogens is 1. The highest BCUT2D eigenvalue weighted by Crippen LogP contribution is 2.36. The van der Waals surface area contributed by atoms with E-state index in [1.54, 1.807) is 17.4 Å². The Bertz CT molecular complexity index is 672. The number of allylic oxidation sites excluding steroid dienone is 2. The van der Waals surface area contributed by atoms with Crippen molar-refractivity contribution in [1.82, 2.24) is 0 Å². The smallest absolute Gasteiger partial charge is 0.303 e. The summed E-state index contributed by atoms with van der Waals surface area (Å²) >= 11 is 5.08. The molecule has 0 radical (unpaired) electrons. The number of aliphatic hydroxyl groups is 3. The number of hydrogen-bond acceptors (Lipinski definition) is 5. The van der Waals surface area contributed by atoms with Crippen molar-refractivity contribution in [3.05, 3.63) is 45.1 Å². The lowest BCUT2D eigenvalue weighted by atomic mass is 9.89. The second kappa shape index (κ2) is 11.9. The molecule has 0 bridgehead atoms. The van der Waals surface area contributed by atoms with Gasteiger partial charge in [0.25, 0.3) is 0 Å². The van der Waals surface area contributed by atoms with E-state index in [0.717, 1.165) is 10.9 Å². The number of rotatable bonds is 11. The number of aliphatic hydroxyl groups excluding tert-OH is 3. The standard InChI is InChI=1S/C21H29BrO5S/c22-14-11-16(28-13-14)9-7-15(23)8-10-18-17(19(24)12-20(18)25)5-3-1-2-4-6-21(26)27/h1,3,8,10-11,13,15,17-20,23-25H,2,4-7,9,12H2,(H,26,27)/b3-1-,10-8+/t15-,17+,18+,19-,20+/m0/s1. The van der Waals surface area contributed by atoms with Gasteiger partial charge < -0.3 is 20.4 Å². The molecule has 1 saturated carbocycles. The summed E-state index contributed by atoms with van der Waals surface area (Å²) < 4.78 is 1.06. The SMILES string of the molecule is O=C(O)CCC/C=C\C[C@@H]1[C@@H](/C=C/[C@@H](O)CCc2cc(Br)cs2)[C@H](O)C[C@@H]1O. The van der Waals surface area contributed by atoms with Crippen molar-refractivity contribution < 1.29 is 25.2 Å². The van der Waals surface area contributed by atoms with Crippen molar-refractivity contribution in [1.29, 1.82) is 0 Å². The van der Waals surface area contributed by atoms with Crippen molar-refractivity contribution in [3.63, 3.8) is 0 Å². The van der Waals surface area contributed by atoms with Crippen molar-refractivity contribution in [2.75, 3.05) is 0 Å². The zero-order chi connectivity index (χ0) is 20.5. The highest BCUT2D eigenvalue weighted by molar-refractivity contribution is 9.10. The predicted octanol–water partition coefficient (Wildman–Crippen LogP) is 3.92. The van der Waals surface area contributed by atoms with Gasteiger partial charge >= 0.3 is 5.97 Å². The molecule has 1 heterocycles. The number of carboxylic acid groups (broad SMARTS) is 1. The van der Waals surface area contributed by atoms with Crippen molar-refractivity contribution in [2.24, 2.45) is 11.8 Å². The number of aryl methyl sites for hydroxylation is 1. The van der Waals surface area contributed by atoms with E-state index in [1.165, 1.54) is 4.88 Å². The normalized spacial score (nSPS) is 26.4. The fourth-order valence-electron chi connectivity index (χ4n) is 3.58. The molecule has 1 aliphatic rings. The van der Waals surface area contributed by atoms with Crippen LogP contribution in [0, 0.1) is 11.8 Å². The van der Waals surface area contributed by atoms with E-state index >= 15 is 0 Å². The Morgan fingerprint density at radius 2 is 2.11 bits per heavy atom. The summed E-state index contributed by atoms with van der Waals surface area (Å²) in [5.41, 5.74) is 0. The van der Waals surface area contributed by atoms with Gasteiger partial charge in [-0.3, -0.25) is 4.79 Å². The first-order chi connectivity index (χ1) is 13.4. The molecule has 1 aromatic heterocycles. The van der Waals surface area contributed by atoms with E-state index in [2.05, 4.69) is 22.0 Å². The summed E-state index contributed by atoms with van der Waals surface area (Å²) in [6, 6.07) is 2.05. The van der Waals surface area contributed by atoms with E-state index in [0.29, 0.717) is 32.1 Å². The Labute approximate surface area is 178 Å². The van der Waals surface area contributed by atoms with Crippen LogP contribution >= 0.6 is 27.3 Å². The molecule has 0 aliphatic heterocycles. The molecule has 156 valence electrons. The number of aliphatic carboxylic acids is 1. The minimum absolute atomic E-state index is 0.0950. The van der Waals surface area contributed by atoms with Crippen LogP contribution in [-0.2, 0) is 11.2 Å². The van der Waals surface area contributed by atoms with Gasteiger partial charge in [0.1, 0.15) is 0 Å². The van der Waals surface area contributed by atoms with E-state index < -0.39 is 24.3 Å².